The first-order valence-corrected chi connectivity index (χ1v) is 7.65. The van der Waals surface area contributed by atoms with Crippen molar-refractivity contribution in [2.75, 3.05) is 14.1 Å². The number of hydrogen-bond acceptors (Lipinski definition) is 3. The summed E-state index contributed by atoms with van der Waals surface area (Å²) in [6.45, 7) is 0. The molecular weight excluding hydrogens is 269 g/mol. The Morgan fingerprint density at radius 3 is 2.65 bits per heavy atom. The van der Waals surface area contributed by atoms with E-state index in [0.29, 0.717) is 0 Å². The highest BCUT2D eigenvalue weighted by Gasteiger charge is 2.31. The second-order valence-electron chi connectivity index (χ2n) is 4.92. The Morgan fingerprint density at radius 1 is 1.05 bits per heavy atom. The number of fused-ring (bicyclic) bond motifs is 5. The Morgan fingerprint density at radius 2 is 1.80 bits per heavy atom. The lowest BCUT2D eigenvalue weighted by Gasteiger charge is -2.30. The van der Waals surface area contributed by atoms with Crippen LogP contribution >= 0.6 is 8.45 Å². The maximum atomic E-state index is 6.20. The molecule has 0 saturated carbocycles. The van der Waals surface area contributed by atoms with Crippen LogP contribution in [0.4, 0.5) is 0 Å². The molecular formula is C15H14N3OP. The van der Waals surface area contributed by atoms with Crippen molar-refractivity contribution < 1.29 is 4.52 Å². The minimum atomic E-state index is -0.908. The van der Waals surface area contributed by atoms with Crippen LogP contribution in [0, 0.1) is 0 Å². The topological polar surface area (TPSA) is 30.3 Å². The summed E-state index contributed by atoms with van der Waals surface area (Å²) in [5, 5.41) is 0. The van der Waals surface area contributed by atoms with Gasteiger partial charge in [-0.25, -0.2) is 9.65 Å². The molecule has 0 radical (unpaired) electrons. The standard InChI is InChI=1S/C15H14N3OP/c1-17(2)20-18-13-9-5-4-8-12(13)16-15(18)11-7-3-6-10-14(11)19-20/h3-10H,1-2H3. The normalized spacial score (nSPS) is 16.9. The highest BCUT2D eigenvalue weighted by atomic mass is 31.2. The zero-order chi connectivity index (χ0) is 13.7. The highest BCUT2D eigenvalue weighted by Crippen LogP contribution is 2.53. The third kappa shape index (κ3) is 1.59. The lowest BCUT2D eigenvalue weighted by molar-refractivity contribution is 0.513. The van der Waals surface area contributed by atoms with Crippen molar-refractivity contribution in [3.63, 3.8) is 0 Å². The molecule has 1 unspecified atom stereocenters. The Kier molecular flexibility index (Phi) is 2.56. The Bertz CT molecular complexity index is 797. The molecule has 2 aromatic carbocycles. The van der Waals surface area contributed by atoms with E-state index in [4.69, 9.17) is 9.51 Å². The largest absolute Gasteiger partial charge is 0.439 e. The molecule has 2 heterocycles. The molecule has 0 amide bonds. The number of rotatable bonds is 1. The van der Waals surface area contributed by atoms with Gasteiger partial charge < -0.3 is 4.52 Å². The van der Waals surface area contributed by atoms with E-state index in [0.717, 1.165) is 28.2 Å². The molecule has 0 aliphatic carbocycles. The molecule has 4 rings (SSSR count). The predicted octanol–water partition coefficient (Wildman–Crippen LogP) is 3.73. The quantitative estimate of drug-likeness (QED) is 0.637. The summed E-state index contributed by atoms with van der Waals surface area (Å²) < 4.78 is 10.5. The van der Waals surface area contributed by atoms with E-state index in [1.54, 1.807) is 0 Å². The van der Waals surface area contributed by atoms with Crippen molar-refractivity contribution in [3.8, 4) is 17.1 Å². The van der Waals surface area contributed by atoms with Gasteiger partial charge in [0.15, 0.2) is 5.82 Å². The molecule has 0 N–H and O–H groups in total. The zero-order valence-electron chi connectivity index (χ0n) is 11.3. The predicted molar refractivity (Wildman–Crippen MR) is 81.8 cm³/mol. The molecule has 0 saturated heterocycles. The van der Waals surface area contributed by atoms with Crippen LogP contribution in [0.15, 0.2) is 48.5 Å². The number of hydrogen-bond donors (Lipinski definition) is 0. The van der Waals surface area contributed by atoms with Crippen LogP contribution in [0.25, 0.3) is 22.4 Å². The third-order valence-electron chi connectivity index (χ3n) is 3.36. The van der Waals surface area contributed by atoms with E-state index < -0.39 is 8.45 Å². The van der Waals surface area contributed by atoms with Gasteiger partial charge in [-0.2, -0.15) is 0 Å². The molecule has 1 atom stereocenters. The maximum absolute atomic E-state index is 6.20. The number of benzene rings is 2. The van der Waals surface area contributed by atoms with Crippen LogP contribution in [0.2, 0.25) is 0 Å². The van der Waals surface area contributed by atoms with Crippen LogP contribution in [-0.2, 0) is 0 Å². The van der Waals surface area contributed by atoms with Crippen LogP contribution in [-0.4, -0.2) is 28.1 Å². The van der Waals surface area contributed by atoms with Gasteiger partial charge >= 0.3 is 0 Å². The number of imidazole rings is 1. The minimum absolute atomic E-state index is 0.908. The van der Waals surface area contributed by atoms with Gasteiger partial charge in [0.25, 0.3) is 8.45 Å². The zero-order valence-corrected chi connectivity index (χ0v) is 12.2. The summed E-state index contributed by atoms with van der Waals surface area (Å²) in [4.78, 5) is 4.80. The van der Waals surface area contributed by atoms with E-state index >= 15 is 0 Å². The fourth-order valence-electron chi connectivity index (χ4n) is 2.48. The smallest absolute Gasteiger partial charge is 0.284 e. The lowest BCUT2D eigenvalue weighted by atomic mass is 10.2. The maximum Gasteiger partial charge on any atom is 0.284 e. The minimum Gasteiger partial charge on any atom is -0.439 e. The van der Waals surface area contributed by atoms with Gasteiger partial charge in [0.05, 0.1) is 16.6 Å². The summed E-state index contributed by atoms with van der Waals surface area (Å²) in [6.07, 6.45) is 0. The van der Waals surface area contributed by atoms with Crippen molar-refractivity contribution in [1.29, 1.82) is 0 Å². The lowest BCUT2D eigenvalue weighted by Crippen LogP contribution is -2.18. The summed E-state index contributed by atoms with van der Waals surface area (Å²) in [6, 6.07) is 16.3. The van der Waals surface area contributed by atoms with Crippen molar-refractivity contribution in [3.05, 3.63) is 48.5 Å². The van der Waals surface area contributed by atoms with Crippen molar-refractivity contribution in [1.82, 2.24) is 14.0 Å². The summed E-state index contributed by atoms with van der Waals surface area (Å²) in [5.74, 6) is 1.91. The van der Waals surface area contributed by atoms with E-state index in [9.17, 15) is 0 Å². The third-order valence-corrected chi connectivity index (χ3v) is 5.15. The van der Waals surface area contributed by atoms with Crippen LogP contribution in [0.1, 0.15) is 0 Å². The first-order chi connectivity index (χ1) is 9.75. The van der Waals surface area contributed by atoms with E-state index in [-0.39, 0.29) is 0 Å². The van der Waals surface area contributed by atoms with Gasteiger partial charge in [-0.05, 0) is 38.4 Å². The van der Waals surface area contributed by atoms with Gasteiger partial charge in [-0.3, -0.25) is 4.34 Å². The second kappa shape index (κ2) is 4.30. The molecule has 100 valence electrons. The molecule has 4 nitrogen and oxygen atoms in total. The Balaban J connectivity index is 2.08. The molecule has 0 fully saturated rings. The Hall–Kier alpha value is -1.90. The van der Waals surface area contributed by atoms with Gasteiger partial charge in [-0.15, -0.1) is 0 Å². The number of para-hydroxylation sites is 3. The summed E-state index contributed by atoms with van der Waals surface area (Å²) in [5.41, 5.74) is 3.19. The van der Waals surface area contributed by atoms with E-state index in [1.165, 1.54) is 0 Å². The van der Waals surface area contributed by atoms with Crippen molar-refractivity contribution in [2.45, 2.75) is 0 Å². The fourth-order valence-corrected chi connectivity index (χ4v) is 4.09. The summed E-state index contributed by atoms with van der Waals surface area (Å²) >= 11 is 0. The molecule has 20 heavy (non-hydrogen) atoms. The average Bonchev–Trinajstić information content (AvgIpc) is 2.86. The van der Waals surface area contributed by atoms with Crippen LogP contribution < -0.4 is 4.52 Å². The summed E-state index contributed by atoms with van der Waals surface area (Å²) in [7, 11) is 3.17. The molecule has 3 aromatic rings. The second-order valence-corrected chi connectivity index (χ2v) is 6.81. The molecule has 1 aliphatic heterocycles. The van der Waals surface area contributed by atoms with Gasteiger partial charge in [-0.1, -0.05) is 24.3 Å². The molecule has 1 aromatic heterocycles. The number of aromatic nitrogens is 2. The molecule has 0 spiro atoms. The molecule has 5 heteroatoms. The van der Waals surface area contributed by atoms with E-state index in [2.05, 4.69) is 21.1 Å². The molecule has 1 aliphatic rings. The SMILES string of the molecule is CN(C)P1Oc2ccccc2-c2nc3ccccc3n21. The first-order valence-electron chi connectivity index (χ1n) is 6.48. The van der Waals surface area contributed by atoms with Crippen molar-refractivity contribution in [2.24, 2.45) is 0 Å². The molecule has 0 bridgehead atoms. The Labute approximate surface area is 118 Å². The van der Waals surface area contributed by atoms with Gasteiger partial charge in [0.2, 0.25) is 0 Å². The van der Waals surface area contributed by atoms with Crippen LogP contribution in [0.5, 0.6) is 5.75 Å². The monoisotopic (exact) mass is 283 g/mol. The van der Waals surface area contributed by atoms with E-state index in [1.807, 2.05) is 50.5 Å². The van der Waals surface area contributed by atoms with Gasteiger partial charge in [0, 0.05) is 0 Å². The van der Waals surface area contributed by atoms with Gasteiger partial charge in [0.1, 0.15) is 5.75 Å². The van der Waals surface area contributed by atoms with Crippen LogP contribution in [0.3, 0.4) is 0 Å². The fraction of sp³-hybridized carbons (Fsp3) is 0.133. The average molecular weight is 283 g/mol. The highest BCUT2D eigenvalue weighted by molar-refractivity contribution is 7.49. The van der Waals surface area contributed by atoms with Crippen molar-refractivity contribution >= 4 is 19.5 Å². The number of nitrogens with zero attached hydrogens (tertiary/aromatic N) is 3. The first kappa shape index (κ1) is 11.9.